The van der Waals surface area contributed by atoms with Gasteiger partial charge in [-0.1, -0.05) is 0 Å². The zero-order chi connectivity index (χ0) is 17.7. The molecule has 5 nitrogen and oxygen atoms in total. The summed E-state index contributed by atoms with van der Waals surface area (Å²) in [6, 6.07) is 1.00. The highest BCUT2D eigenvalue weighted by molar-refractivity contribution is 7.86. The molecule has 0 aromatic rings. The molecule has 2 saturated carbocycles. The Morgan fingerprint density at radius 1 is 0.826 bits per heavy atom. The lowest BCUT2D eigenvalue weighted by Crippen LogP contribution is -2.30. The molecule has 0 spiro atoms. The predicted octanol–water partition coefficient (Wildman–Crippen LogP) is 2.81. The summed E-state index contributed by atoms with van der Waals surface area (Å²) in [4.78, 5) is 0. The van der Waals surface area contributed by atoms with E-state index in [1.54, 1.807) is 0 Å². The molecule has 2 aliphatic carbocycles. The summed E-state index contributed by atoms with van der Waals surface area (Å²) in [5.74, 6) is 1.95. The number of alkyl halides is 3. The van der Waals surface area contributed by atoms with Crippen molar-refractivity contribution in [2.75, 3.05) is 0 Å². The molecule has 0 amide bonds. The first-order chi connectivity index (χ1) is 10.5. The molecule has 0 radical (unpaired) electrons. The summed E-state index contributed by atoms with van der Waals surface area (Å²) < 4.78 is 57.5. The van der Waals surface area contributed by atoms with Gasteiger partial charge in [-0.25, -0.2) is 0 Å². The summed E-state index contributed by atoms with van der Waals surface area (Å²) >= 11 is 0. The van der Waals surface area contributed by atoms with Crippen LogP contribution in [0.15, 0.2) is 0 Å². The molecule has 0 aliphatic heterocycles. The van der Waals surface area contributed by atoms with Crippen molar-refractivity contribution in [2.24, 2.45) is 23.3 Å². The summed E-state index contributed by atoms with van der Waals surface area (Å²) in [5.41, 5.74) is 6.33. The van der Waals surface area contributed by atoms with Crippen LogP contribution in [0.25, 0.3) is 0 Å². The normalized spacial score (nSPS) is 32.8. The summed E-state index contributed by atoms with van der Waals surface area (Å²) in [5, 5.41) is 0. The average Bonchev–Trinajstić information content (AvgIpc) is 2.42. The van der Waals surface area contributed by atoms with Gasteiger partial charge in [-0.05, 0) is 69.6 Å². The fourth-order valence-corrected chi connectivity index (χ4v) is 3.32. The van der Waals surface area contributed by atoms with Gasteiger partial charge in [0, 0.05) is 12.1 Å². The van der Waals surface area contributed by atoms with E-state index < -0.39 is 15.6 Å². The molecule has 0 bridgehead atoms. The maximum absolute atomic E-state index is 10.7. The summed E-state index contributed by atoms with van der Waals surface area (Å²) in [6.45, 7) is 0. The van der Waals surface area contributed by atoms with E-state index in [-0.39, 0.29) is 0 Å². The molecule has 2 rings (SSSR count). The highest BCUT2D eigenvalue weighted by Crippen LogP contribution is 2.34. The van der Waals surface area contributed by atoms with Crippen LogP contribution >= 0.6 is 0 Å². The first-order valence-corrected chi connectivity index (χ1v) is 9.48. The van der Waals surface area contributed by atoms with Crippen LogP contribution in [0.3, 0.4) is 0 Å². The molecule has 5 N–H and O–H groups in total. The maximum atomic E-state index is 10.7. The largest absolute Gasteiger partial charge is 0.522 e. The molecule has 23 heavy (non-hydrogen) atoms. The highest BCUT2D eigenvalue weighted by Gasteiger charge is 2.44. The van der Waals surface area contributed by atoms with Gasteiger partial charge in [0.1, 0.15) is 0 Å². The van der Waals surface area contributed by atoms with E-state index in [0.717, 1.165) is 11.8 Å². The average molecular weight is 360 g/mol. The Balaban J connectivity index is 0.000000284. The van der Waals surface area contributed by atoms with E-state index in [0.29, 0.717) is 12.1 Å². The van der Waals surface area contributed by atoms with E-state index >= 15 is 0 Å². The van der Waals surface area contributed by atoms with Gasteiger partial charge in [0.15, 0.2) is 0 Å². The molecule has 0 aromatic heterocycles. The molecule has 0 heterocycles. The quantitative estimate of drug-likeness (QED) is 0.518. The third-order valence-electron chi connectivity index (χ3n) is 4.74. The second-order valence-corrected chi connectivity index (χ2v) is 8.13. The fourth-order valence-electron chi connectivity index (χ4n) is 3.32. The molecule has 0 saturated heterocycles. The minimum absolute atomic E-state index is 0.501. The third-order valence-corrected chi connectivity index (χ3v) is 5.33. The van der Waals surface area contributed by atoms with Crippen LogP contribution in [-0.4, -0.2) is 30.6 Å². The van der Waals surface area contributed by atoms with Gasteiger partial charge in [-0.15, -0.1) is 0 Å². The van der Waals surface area contributed by atoms with Gasteiger partial charge >= 0.3 is 15.6 Å². The summed E-state index contributed by atoms with van der Waals surface area (Å²) in [7, 11) is -5.84. The number of hydrogen-bond donors (Lipinski definition) is 3. The molecular formula is C14H27F3N2O3S. The van der Waals surface area contributed by atoms with Gasteiger partial charge in [0.05, 0.1) is 0 Å². The van der Waals surface area contributed by atoms with Crippen molar-refractivity contribution in [3.8, 4) is 0 Å². The zero-order valence-corrected chi connectivity index (χ0v) is 14.0. The van der Waals surface area contributed by atoms with Crippen LogP contribution in [0.4, 0.5) is 13.2 Å². The van der Waals surface area contributed by atoms with Gasteiger partial charge in [0.2, 0.25) is 0 Å². The standard InChI is InChI=1S/C13H26N2.CHF3O3S/c14-12-5-1-10(2-6-12)9-11-3-7-13(15)8-4-11;2-1(3,4)8(5,6)7/h10-13H,1-9,14-15H2;(H,5,6,7). The zero-order valence-electron chi connectivity index (χ0n) is 13.1. The molecule has 9 heteroatoms. The first-order valence-electron chi connectivity index (χ1n) is 8.04. The van der Waals surface area contributed by atoms with E-state index in [4.69, 9.17) is 24.4 Å². The molecule has 2 aliphatic rings. The van der Waals surface area contributed by atoms with Gasteiger partial charge in [-0.2, -0.15) is 21.6 Å². The predicted molar refractivity (Wildman–Crippen MR) is 82.1 cm³/mol. The Morgan fingerprint density at radius 3 is 1.30 bits per heavy atom. The monoisotopic (exact) mass is 360 g/mol. The van der Waals surface area contributed by atoms with Crippen LogP contribution in [-0.2, 0) is 10.1 Å². The summed E-state index contributed by atoms with van der Waals surface area (Å²) in [6.07, 6.45) is 12.0. The molecule has 0 unspecified atom stereocenters. The van der Waals surface area contributed by atoms with Crippen LogP contribution in [0, 0.1) is 11.8 Å². The van der Waals surface area contributed by atoms with Crippen LogP contribution < -0.4 is 11.5 Å². The van der Waals surface area contributed by atoms with Gasteiger partial charge in [-0.3, -0.25) is 4.55 Å². The number of nitrogens with two attached hydrogens (primary N) is 2. The SMILES string of the molecule is NC1CCC(CC2CCC(N)CC2)CC1.O=S(=O)(O)C(F)(F)F. The molecule has 138 valence electrons. The minimum Gasteiger partial charge on any atom is -0.328 e. The van der Waals surface area contributed by atoms with Gasteiger partial charge < -0.3 is 11.5 Å². The lowest BCUT2D eigenvalue weighted by Gasteiger charge is -2.32. The van der Waals surface area contributed by atoms with Crippen molar-refractivity contribution in [2.45, 2.75) is 75.4 Å². The third kappa shape index (κ3) is 7.82. The fraction of sp³-hybridized carbons (Fsp3) is 1.00. The highest BCUT2D eigenvalue weighted by atomic mass is 32.2. The topological polar surface area (TPSA) is 106 Å². The van der Waals surface area contributed by atoms with E-state index in [2.05, 4.69) is 0 Å². The van der Waals surface area contributed by atoms with Crippen LogP contribution in [0.5, 0.6) is 0 Å². The van der Waals surface area contributed by atoms with Crippen molar-refractivity contribution in [3.63, 3.8) is 0 Å². The Hall–Kier alpha value is -0.380. The second-order valence-electron chi connectivity index (χ2n) is 6.72. The Bertz CT molecular complexity index is 421. The van der Waals surface area contributed by atoms with Crippen LogP contribution in [0.2, 0.25) is 0 Å². The van der Waals surface area contributed by atoms with Crippen molar-refractivity contribution in [3.05, 3.63) is 0 Å². The van der Waals surface area contributed by atoms with E-state index in [9.17, 15) is 13.2 Å². The first kappa shape index (κ1) is 20.7. The van der Waals surface area contributed by atoms with E-state index in [1.807, 2.05) is 0 Å². The van der Waals surface area contributed by atoms with E-state index in [1.165, 1.54) is 57.8 Å². The minimum atomic E-state index is -5.84. The second kappa shape index (κ2) is 8.64. The van der Waals surface area contributed by atoms with Crippen LogP contribution in [0.1, 0.15) is 57.8 Å². The van der Waals surface area contributed by atoms with Crippen molar-refractivity contribution < 1.29 is 26.1 Å². The number of hydrogen-bond acceptors (Lipinski definition) is 4. The molecule has 2 fully saturated rings. The van der Waals surface area contributed by atoms with Gasteiger partial charge in [0.25, 0.3) is 0 Å². The lowest BCUT2D eigenvalue weighted by molar-refractivity contribution is -0.0510. The Morgan fingerprint density at radius 2 is 1.09 bits per heavy atom. The molecular weight excluding hydrogens is 333 g/mol. The smallest absolute Gasteiger partial charge is 0.328 e. The Labute approximate surface area is 135 Å². The number of halogens is 3. The Kier molecular flexibility index (Phi) is 7.76. The van der Waals surface area contributed by atoms with Crippen molar-refractivity contribution >= 4 is 10.1 Å². The van der Waals surface area contributed by atoms with Crippen molar-refractivity contribution in [1.82, 2.24) is 0 Å². The van der Waals surface area contributed by atoms with Crippen molar-refractivity contribution in [1.29, 1.82) is 0 Å². The molecule has 0 atom stereocenters. The number of rotatable bonds is 2. The maximum Gasteiger partial charge on any atom is 0.522 e. The molecule has 0 aromatic carbocycles. The lowest BCUT2D eigenvalue weighted by atomic mass is 9.76.